The minimum Gasteiger partial charge on any atom is -0.367 e. The molecule has 1 aliphatic carbocycles. The second-order valence-electron chi connectivity index (χ2n) is 4.47. The topological polar surface area (TPSA) is 26.3 Å². The quantitative estimate of drug-likeness (QED) is 0.761. The number of Topliss-reactive ketones (excluding diaryl/α,β-unsaturated/α-hetero) is 1. The molecule has 0 unspecified atom stereocenters. The van der Waals surface area contributed by atoms with Crippen molar-refractivity contribution in [2.45, 2.75) is 38.2 Å². The van der Waals surface area contributed by atoms with Crippen molar-refractivity contribution in [3.05, 3.63) is 34.9 Å². The number of benzene rings is 1. The zero-order chi connectivity index (χ0) is 12.3. The van der Waals surface area contributed by atoms with Gasteiger partial charge in [0.25, 0.3) is 0 Å². The van der Waals surface area contributed by atoms with E-state index >= 15 is 0 Å². The molecule has 3 heteroatoms. The van der Waals surface area contributed by atoms with Gasteiger partial charge >= 0.3 is 0 Å². The Morgan fingerprint density at radius 1 is 1.41 bits per heavy atom. The summed E-state index contributed by atoms with van der Waals surface area (Å²) in [5.41, 5.74) is 0.0623. The van der Waals surface area contributed by atoms with Gasteiger partial charge in [-0.3, -0.25) is 4.79 Å². The van der Waals surface area contributed by atoms with Crippen LogP contribution in [0.5, 0.6) is 0 Å². The van der Waals surface area contributed by atoms with Crippen LogP contribution in [0, 0.1) is 0 Å². The number of carbonyl (C=O) groups excluding carboxylic acids is 1. The summed E-state index contributed by atoms with van der Waals surface area (Å²) in [5.74, 6) is 0.0827. The molecule has 0 aromatic heterocycles. The molecule has 2 nitrogen and oxygen atoms in total. The van der Waals surface area contributed by atoms with Crippen molar-refractivity contribution in [2.75, 3.05) is 6.61 Å². The molecule has 1 aromatic carbocycles. The van der Waals surface area contributed by atoms with Gasteiger partial charge in [0.2, 0.25) is 0 Å². The molecule has 0 radical (unpaired) electrons. The minimum absolute atomic E-state index is 0.0827. The lowest BCUT2D eigenvalue weighted by Gasteiger charge is -2.27. The number of hydrogen-bond donors (Lipinski definition) is 0. The van der Waals surface area contributed by atoms with Gasteiger partial charge in [-0.05, 0) is 44.7 Å². The Morgan fingerprint density at radius 3 is 2.71 bits per heavy atom. The lowest BCUT2D eigenvalue weighted by Crippen LogP contribution is -2.38. The predicted octanol–water partition coefficient (Wildman–Crippen LogP) is 3.87. The first-order chi connectivity index (χ1) is 8.18. The average Bonchev–Trinajstić information content (AvgIpc) is 2.78. The lowest BCUT2D eigenvalue weighted by molar-refractivity contribution is -0.0163. The van der Waals surface area contributed by atoms with Crippen LogP contribution in [0.25, 0.3) is 0 Å². The number of hydrogen-bond acceptors (Lipinski definition) is 2. The molecule has 17 heavy (non-hydrogen) atoms. The molecule has 0 amide bonds. The van der Waals surface area contributed by atoms with E-state index in [9.17, 15) is 4.79 Å². The van der Waals surface area contributed by atoms with E-state index in [-0.39, 0.29) is 5.78 Å². The van der Waals surface area contributed by atoms with Gasteiger partial charge in [0.05, 0.1) is 0 Å². The summed E-state index contributed by atoms with van der Waals surface area (Å²) in [7, 11) is 0. The van der Waals surface area contributed by atoms with Gasteiger partial charge in [-0.2, -0.15) is 0 Å². The van der Waals surface area contributed by atoms with Crippen LogP contribution < -0.4 is 0 Å². The Hall–Kier alpha value is -0.860. The molecule has 2 rings (SSSR count). The summed E-state index contributed by atoms with van der Waals surface area (Å²) in [6, 6.07) is 7.13. The molecule has 0 saturated heterocycles. The first kappa shape index (κ1) is 12.6. The van der Waals surface area contributed by atoms with Crippen LogP contribution in [0.3, 0.4) is 0 Å². The van der Waals surface area contributed by atoms with Crippen molar-refractivity contribution in [2.24, 2.45) is 0 Å². The molecule has 0 N–H and O–H groups in total. The summed E-state index contributed by atoms with van der Waals surface area (Å²) in [5, 5.41) is 0.598. The summed E-state index contributed by atoms with van der Waals surface area (Å²) in [4.78, 5) is 12.5. The highest BCUT2D eigenvalue weighted by molar-refractivity contribution is 6.31. The Morgan fingerprint density at radius 2 is 2.12 bits per heavy atom. The fraction of sp³-hybridized carbons (Fsp3) is 0.500. The Kier molecular flexibility index (Phi) is 3.85. The summed E-state index contributed by atoms with van der Waals surface area (Å²) in [6.45, 7) is 2.51. The molecule has 0 spiro atoms. The van der Waals surface area contributed by atoms with Gasteiger partial charge < -0.3 is 4.74 Å². The monoisotopic (exact) mass is 252 g/mol. The molecule has 1 saturated carbocycles. The molecule has 0 atom stereocenters. The van der Waals surface area contributed by atoms with E-state index in [1.54, 1.807) is 12.1 Å². The van der Waals surface area contributed by atoms with Gasteiger partial charge in [-0.25, -0.2) is 0 Å². The highest BCUT2D eigenvalue weighted by Gasteiger charge is 2.42. The standard InChI is InChI=1S/C14H17ClO2/c1-2-17-14(8-3-4-9-14)13(16)11-6-5-7-12(15)10-11/h5-7,10H,2-4,8-9H2,1H3. The number of carbonyl (C=O) groups is 1. The lowest BCUT2D eigenvalue weighted by atomic mass is 9.91. The van der Waals surface area contributed by atoms with Gasteiger partial charge in [0, 0.05) is 17.2 Å². The van der Waals surface area contributed by atoms with Crippen LogP contribution in [0.2, 0.25) is 5.02 Å². The summed E-state index contributed by atoms with van der Waals surface area (Å²) in [6.07, 6.45) is 3.77. The van der Waals surface area contributed by atoms with Crippen LogP contribution >= 0.6 is 11.6 Å². The van der Waals surface area contributed by atoms with E-state index < -0.39 is 5.60 Å². The third-order valence-corrected chi connectivity index (χ3v) is 3.57. The van der Waals surface area contributed by atoms with Crippen molar-refractivity contribution >= 4 is 17.4 Å². The minimum atomic E-state index is -0.598. The second-order valence-corrected chi connectivity index (χ2v) is 4.91. The van der Waals surface area contributed by atoms with Gasteiger partial charge in [0.15, 0.2) is 5.78 Å². The van der Waals surface area contributed by atoms with Gasteiger partial charge in [0.1, 0.15) is 5.60 Å². The van der Waals surface area contributed by atoms with E-state index in [2.05, 4.69) is 0 Å². The van der Waals surface area contributed by atoms with E-state index in [0.29, 0.717) is 17.2 Å². The number of ketones is 1. The normalized spacial score (nSPS) is 18.2. The zero-order valence-electron chi connectivity index (χ0n) is 10.0. The smallest absolute Gasteiger partial charge is 0.194 e. The van der Waals surface area contributed by atoms with Crippen LogP contribution in [-0.2, 0) is 4.74 Å². The second kappa shape index (κ2) is 5.19. The van der Waals surface area contributed by atoms with E-state index in [1.165, 1.54) is 0 Å². The van der Waals surface area contributed by atoms with Crippen LogP contribution in [0.4, 0.5) is 0 Å². The third-order valence-electron chi connectivity index (χ3n) is 3.33. The number of halogens is 1. The predicted molar refractivity (Wildman–Crippen MR) is 68.6 cm³/mol. The van der Waals surface area contributed by atoms with Crippen molar-refractivity contribution in [3.63, 3.8) is 0 Å². The fourth-order valence-electron chi connectivity index (χ4n) is 2.55. The van der Waals surface area contributed by atoms with Gasteiger partial charge in [-0.1, -0.05) is 23.7 Å². The molecule has 1 aliphatic rings. The van der Waals surface area contributed by atoms with E-state index in [1.807, 2.05) is 19.1 Å². The third kappa shape index (κ3) is 2.53. The van der Waals surface area contributed by atoms with Crippen LogP contribution in [0.15, 0.2) is 24.3 Å². The molecule has 1 aromatic rings. The number of rotatable bonds is 4. The highest BCUT2D eigenvalue weighted by atomic mass is 35.5. The molecule has 0 aliphatic heterocycles. The fourth-order valence-corrected chi connectivity index (χ4v) is 2.74. The maximum atomic E-state index is 12.5. The SMILES string of the molecule is CCOC1(C(=O)c2cccc(Cl)c2)CCCC1. The Balaban J connectivity index is 2.28. The molecule has 0 bridgehead atoms. The first-order valence-electron chi connectivity index (χ1n) is 6.12. The zero-order valence-corrected chi connectivity index (χ0v) is 10.8. The largest absolute Gasteiger partial charge is 0.367 e. The summed E-state index contributed by atoms with van der Waals surface area (Å²) < 4.78 is 5.75. The molecule has 0 heterocycles. The summed E-state index contributed by atoms with van der Waals surface area (Å²) >= 11 is 5.93. The van der Waals surface area contributed by atoms with Gasteiger partial charge in [-0.15, -0.1) is 0 Å². The maximum absolute atomic E-state index is 12.5. The molecular weight excluding hydrogens is 236 g/mol. The molecule has 1 fully saturated rings. The van der Waals surface area contributed by atoms with E-state index in [4.69, 9.17) is 16.3 Å². The Labute approximate surface area is 107 Å². The molecule has 92 valence electrons. The van der Waals surface area contributed by atoms with Crippen LogP contribution in [0.1, 0.15) is 43.0 Å². The maximum Gasteiger partial charge on any atom is 0.194 e. The van der Waals surface area contributed by atoms with Crippen molar-refractivity contribution in [1.29, 1.82) is 0 Å². The van der Waals surface area contributed by atoms with Crippen molar-refractivity contribution in [1.82, 2.24) is 0 Å². The van der Waals surface area contributed by atoms with Crippen molar-refractivity contribution < 1.29 is 9.53 Å². The average molecular weight is 253 g/mol. The molecular formula is C14H17ClO2. The Bertz CT molecular complexity index is 408. The number of ether oxygens (including phenoxy) is 1. The first-order valence-corrected chi connectivity index (χ1v) is 6.50. The van der Waals surface area contributed by atoms with Crippen molar-refractivity contribution in [3.8, 4) is 0 Å². The van der Waals surface area contributed by atoms with E-state index in [0.717, 1.165) is 25.7 Å². The van der Waals surface area contributed by atoms with Crippen LogP contribution in [-0.4, -0.2) is 18.0 Å². The highest BCUT2D eigenvalue weighted by Crippen LogP contribution is 2.36.